The fraction of sp³-hybridized carbons (Fsp3) is 0.0870. The SMILES string of the molecule is COc1ccc(NC(=O)COC(=O)c2ccc(C(=O)c3ccccc3)cc2)cc1. The van der Waals surface area contributed by atoms with Gasteiger partial charge in [0.25, 0.3) is 5.91 Å². The Kier molecular flexibility index (Phi) is 6.37. The third-order valence-electron chi connectivity index (χ3n) is 4.13. The molecule has 1 amide bonds. The maximum Gasteiger partial charge on any atom is 0.338 e. The van der Waals surface area contributed by atoms with Crippen molar-refractivity contribution in [1.82, 2.24) is 0 Å². The molecule has 0 heterocycles. The van der Waals surface area contributed by atoms with Crippen LogP contribution in [0.4, 0.5) is 5.69 Å². The Morgan fingerprint density at radius 2 is 1.34 bits per heavy atom. The average Bonchev–Trinajstić information content (AvgIpc) is 2.78. The van der Waals surface area contributed by atoms with E-state index >= 15 is 0 Å². The summed E-state index contributed by atoms with van der Waals surface area (Å²) in [6.45, 7) is -0.421. The van der Waals surface area contributed by atoms with Crippen LogP contribution in [0.2, 0.25) is 0 Å². The molecule has 0 saturated heterocycles. The van der Waals surface area contributed by atoms with Gasteiger partial charge in [0.15, 0.2) is 12.4 Å². The molecule has 0 aromatic heterocycles. The van der Waals surface area contributed by atoms with Crippen LogP contribution in [0, 0.1) is 0 Å². The molecule has 0 aliphatic heterocycles. The number of anilines is 1. The summed E-state index contributed by atoms with van der Waals surface area (Å²) in [7, 11) is 1.55. The number of benzene rings is 3. The van der Waals surface area contributed by atoms with E-state index in [0.29, 0.717) is 22.6 Å². The lowest BCUT2D eigenvalue weighted by molar-refractivity contribution is -0.119. The van der Waals surface area contributed by atoms with E-state index in [2.05, 4.69) is 5.32 Å². The summed E-state index contributed by atoms with van der Waals surface area (Å²) in [5, 5.41) is 2.63. The Bertz CT molecular complexity index is 996. The predicted octanol–water partition coefficient (Wildman–Crippen LogP) is 3.72. The van der Waals surface area contributed by atoms with Crippen molar-refractivity contribution in [1.29, 1.82) is 0 Å². The Hall–Kier alpha value is -3.93. The third kappa shape index (κ3) is 5.29. The largest absolute Gasteiger partial charge is 0.497 e. The number of nitrogens with one attached hydrogen (secondary N) is 1. The van der Waals surface area contributed by atoms with Crippen molar-refractivity contribution in [3.63, 3.8) is 0 Å². The first-order chi connectivity index (χ1) is 14.1. The zero-order chi connectivity index (χ0) is 20.6. The molecule has 0 aliphatic carbocycles. The smallest absolute Gasteiger partial charge is 0.338 e. The van der Waals surface area contributed by atoms with Crippen LogP contribution < -0.4 is 10.1 Å². The van der Waals surface area contributed by atoms with Gasteiger partial charge in [0.2, 0.25) is 0 Å². The highest BCUT2D eigenvalue weighted by Gasteiger charge is 2.13. The van der Waals surface area contributed by atoms with Crippen LogP contribution in [0.5, 0.6) is 5.75 Å². The van der Waals surface area contributed by atoms with Gasteiger partial charge in [0.05, 0.1) is 12.7 Å². The number of ketones is 1. The second-order valence-corrected chi connectivity index (χ2v) is 6.13. The van der Waals surface area contributed by atoms with Gasteiger partial charge in [0.1, 0.15) is 5.75 Å². The molecule has 6 nitrogen and oxygen atoms in total. The van der Waals surface area contributed by atoms with Crippen LogP contribution in [-0.2, 0) is 9.53 Å². The highest BCUT2D eigenvalue weighted by Crippen LogP contribution is 2.15. The van der Waals surface area contributed by atoms with Gasteiger partial charge in [-0.25, -0.2) is 4.79 Å². The van der Waals surface area contributed by atoms with Gasteiger partial charge in [-0.05, 0) is 36.4 Å². The van der Waals surface area contributed by atoms with Gasteiger partial charge in [-0.2, -0.15) is 0 Å². The van der Waals surface area contributed by atoms with Crippen molar-refractivity contribution in [2.75, 3.05) is 19.0 Å². The number of hydrogen-bond donors (Lipinski definition) is 1. The Balaban J connectivity index is 1.53. The number of hydrogen-bond acceptors (Lipinski definition) is 5. The number of carbonyl (C=O) groups excluding carboxylic acids is 3. The maximum absolute atomic E-state index is 12.4. The molecule has 0 unspecified atom stereocenters. The first-order valence-electron chi connectivity index (χ1n) is 8.87. The first-order valence-corrected chi connectivity index (χ1v) is 8.87. The highest BCUT2D eigenvalue weighted by molar-refractivity contribution is 6.09. The van der Waals surface area contributed by atoms with E-state index in [1.165, 1.54) is 12.1 Å². The molecule has 6 heteroatoms. The maximum atomic E-state index is 12.4. The molecule has 0 aliphatic rings. The second-order valence-electron chi connectivity index (χ2n) is 6.13. The molecule has 0 spiro atoms. The minimum atomic E-state index is -0.645. The Morgan fingerprint density at radius 1 is 0.759 bits per heavy atom. The minimum absolute atomic E-state index is 0.135. The molecule has 0 fully saturated rings. The van der Waals surface area contributed by atoms with Crippen LogP contribution in [0.3, 0.4) is 0 Å². The topological polar surface area (TPSA) is 81.7 Å². The lowest BCUT2D eigenvalue weighted by Crippen LogP contribution is -2.20. The van der Waals surface area contributed by atoms with Crippen molar-refractivity contribution in [2.45, 2.75) is 0 Å². The number of esters is 1. The number of carbonyl (C=O) groups is 3. The number of methoxy groups -OCH3 is 1. The van der Waals surface area contributed by atoms with Gasteiger partial charge in [-0.15, -0.1) is 0 Å². The number of amides is 1. The van der Waals surface area contributed by atoms with Crippen molar-refractivity contribution in [2.24, 2.45) is 0 Å². The molecule has 3 aromatic carbocycles. The van der Waals surface area contributed by atoms with Crippen molar-refractivity contribution in [3.05, 3.63) is 95.6 Å². The standard InChI is InChI=1S/C23H19NO5/c1-28-20-13-11-19(12-14-20)24-21(25)15-29-23(27)18-9-7-17(8-10-18)22(26)16-5-3-2-4-6-16/h2-14H,15H2,1H3,(H,24,25). The minimum Gasteiger partial charge on any atom is -0.497 e. The van der Waals surface area contributed by atoms with E-state index in [0.717, 1.165) is 0 Å². The summed E-state index contributed by atoms with van der Waals surface area (Å²) in [4.78, 5) is 36.5. The van der Waals surface area contributed by atoms with Gasteiger partial charge in [-0.3, -0.25) is 9.59 Å². The van der Waals surface area contributed by atoms with E-state index in [4.69, 9.17) is 9.47 Å². The molecule has 146 valence electrons. The summed E-state index contributed by atoms with van der Waals surface area (Å²) in [5.41, 5.74) is 1.85. The quantitative estimate of drug-likeness (QED) is 0.492. The van der Waals surface area contributed by atoms with Crippen molar-refractivity contribution >= 4 is 23.3 Å². The molecular weight excluding hydrogens is 370 g/mol. The van der Waals surface area contributed by atoms with E-state index in [9.17, 15) is 14.4 Å². The summed E-state index contributed by atoms with van der Waals surface area (Å²) >= 11 is 0. The molecule has 0 atom stereocenters. The molecule has 29 heavy (non-hydrogen) atoms. The number of ether oxygens (including phenoxy) is 2. The first kappa shape index (κ1) is 19.8. The second kappa shape index (κ2) is 9.32. The fourth-order valence-corrected chi connectivity index (χ4v) is 2.60. The molecule has 0 bridgehead atoms. The summed E-state index contributed by atoms with van der Waals surface area (Å²) in [6, 6.07) is 21.8. The lowest BCUT2D eigenvalue weighted by atomic mass is 10.0. The van der Waals surface area contributed by atoms with E-state index in [1.54, 1.807) is 67.8 Å². The van der Waals surface area contributed by atoms with Gasteiger partial charge in [-0.1, -0.05) is 42.5 Å². The van der Waals surface area contributed by atoms with Gasteiger partial charge < -0.3 is 14.8 Å². The van der Waals surface area contributed by atoms with Crippen LogP contribution in [0.15, 0.2) is 78.9 Å². The van der Waals surface area contributed by atoms with Gasteiger partial charge >= 0.3 is 5.97 Å². The average molecular weight is 389 g/mol. The Morgan fingerprint density at radius 3 is 1.97 bits per heavy atom. The molecular formula is C23H19NO5. The Labute approximate surface area is 168 Å². The normalized spacial score (nSPS) is 10.1. The van der Waals surface area contributed by atoms with Crippen molar-refractivity contribution < 1.29 is 23.9 Å². The molecule has 0 radical (unpaired) electrons. The van der Waals surface area contributed by atoms with E-state index in [1.807, 2.05) is 6.07 Å². The summed E-state index contributed by atoms with van der Waals surface area (Å²) in [6.07, 6.45) is 0. The van der Waals surface area contributed by atoms with Crippen LogP contribution in [0.25, 0.3) is 0 Å². The zero-order valence-electron chi connectivity index (χ0n) is 15.8. The van der Waals surface area contributed by atoms with Gasteiger partial charge in [0, 0.05) is 16.8 Å². The molecule has 0 saturated carbocycles. The molecule has 3 aromatic rings. The molecule has 1 N–H and O–H groups in total. The van der Waals surface area contributed by atoms with Crippen molar-refractivity contribution in [3.8, 4) is 5.75 Å². The monoisotopic (exact) mass is 389 g/mol. The fourth-order valence-electron chi connectivity index (χ4n) is 2.60. The third-order valence-corrected chi connectivity index (χ3v) is 4.13. The summed E-state index contributed by atoms with van der Waals surface area (Å²) in [5.74, 6) is -0.569. The van der Waals surface area contributed by atoms with Crippen LogP contribution in [-0.4, -0.2) is 31.4 Å². The van der Waals surface area contributed by atoms with Crippen LogP contribution >= 0.6 is 0 Å². The van der Waals surface area contributed by atoms with E-state index in [-0.39, 0.29) is 11.3 Å². The zero-order valence-corrected chi connectivity index (χ0v) is 15.8. The summed E-state index contributed by atoms with van der Waals surface area (Å²) < 4.78 is 10.1. The molecule has 3 rings (SSSR count). The predicted molar refractivity (Wildman–Crippen MR) is 108 cm³/mol. The number of rotatable bonds is 7. The van der Waals surface area contributed by atoms with E-state index < -0.39 is 18.5 Å². The highest BCUT2D eigenvalue weighted by atomic mass is 16.5. The van der Waals surface area contributed by atoms with Crippen LogP contribution in [0.1, 0.15) is 26.3 Å². The lowest BCUT2D eigenvalue weighted by Gasteiger charge is -2.08.